The van der Waals surface area contributed by atoms with E-state index in [0.29, 0.717) is 0 Å². The number of hydrogen-bond acceptors (Lipinski definition) is 3. The van der Waals surface area contributed by atoms with Crippen LogP contribution in [0.1, 0.15) is 24.2 Å². The van der Waals surface area contributed by atoms with E-state index in [4.69, 9.17) is 5.73 Å². The van der Waals surface area contributed by atoms with Gasteiger partial charge in [-0.25, -0.2) is 0 Å². The van der Waals surface area contributed by atoms with Gasteiger partial charge in [0.2, 0.25) is 0 Å². The van der Waals surface area contributed by atoms with Crippen LogP contribution < -0.4 is 5.73 Å². The van der Waals surface area contributed by atoms with Crippen molar-refractivity contribution in [3.05, 3.63) is 23.5 Å². The highest BCUT2D eigenvalue weighted by Gasteiger charge is 2.12. The van der Waals surface area contributed by atoms with Gasteiger partial charge in [-0.15, -0.1) is 0 Å². The number of aromatic nitrogens is 1. The molecule has 0 saturated carbocycles. The van der Waals surface area contributed by atoms with E-state index in [1.54, 1.807) is 0 Å². The maximum absolute atomic E-state index is 5.72. The molecule has 1 aliphatic rings. The normalized spacial score (nSPS) is 17.5. The Morgan fingerprint density at radius 2 is 2.07 bits per heavy atom. The topological polar surface area (TPSA) is 42.2 Å². The Balaban J connectivity index is 2.05. The maximum Gasteiger partial charge on any atom is 0.0605 e. The van der Waals surface area contributed by atoms with E-state index < -0.39 is 0 Å². The first kappa shape index (κ1) is 9.46. The molecule has 0 atom stereocenters. The third-order valence-electron chi connectivity index (χ3n) is 2.77. The molecule has 0 amide bonds. The van der Waals surface area contributed by atoms with Crippen molar-refractivity contribution in [1.82, 2.24) is 9.88 Å². The lowest BCUT2D eigenvalue weighted by Crippen LogP contribution is -2.19. The number of hydrogen-bond donors (Lipinski definition) is 1. The van der Waals surface area contributed by atoms with Crippen LogP contribution in [0.2, 0.25) is 0 Å². The minimum Gasteiger partial charge on any atom is -0.397 e. The van der Waals surface area contributed by atoms with E-state index >= 15 is 0 Å². The Hall–Kier alpha value is -1.09. The standard InChI is InChI=1S/C11H17N3/c1-9-11(12)5-4-10(13-9)8-14-6-2-3-7-14/h4-5H,2-3,6-8,12H2,1H3. The summed E-state index contributed by atoms with van der Waals surface area (Å²) < 4.78 is 0. The van der Waals surface area contributed by atoms with Crippen LogP contribution in [0, 0.1) is 6.92 Å². The lowest BCUT2D eigenvalue weighted by molar-refractivity contribution is 0.327. The molecule has 14 heavy (non-hydrogen) atoms. The summed E-state index contributed by atoms with van der Waals surface area (Å²) in [5, 5.41) is 0. The Morgan fingerprint density at radius 1 is 1.36 bits per heavy atom. The molecule has 0 radical (unpaired) electrons. The highest BCUT2D eigenvalue weighted by molar-refractivity contribution is 5.42. The van der Waals surface area contributed by atoms with Crippen molar-refractivity contribution in [2.45, 2.75) is 26.3 Å². The zero-order valence-corrected chi connectivity index (χ0v) is 8.66. The molecular weight excluding hydrogens is 174 g/mol. The van der Waals surface area contributed by atoms with Crippen LogP contribution in [0.25, 0.3) is 0 Å². The Labute approximate surface area is 84.9 Å². The quantitative estimate of drug-likeness (QED) is 0.771. The van der Waals surface area contributed by atoms with Crippen LogP contribution in [-0.2, 0) is 6.54 Å². The van der Waals surface area contributed by atoms with Gasteiger partial charge in [-0.05, 0) is 45.0 Å². The van der Waals surface area contributed by atoms with E-state index in [0.717, 1.165) is 23.6 Å². The molecule has 76 valence electrons. The lowest BCUT2D eigenvalue weighted by Gasteiger charge is -2.14. The summed E-state index contributed by atoms with van der Waals surface area (Å²) >= 11 is 0. The molecule has 0 aromatic carbocycles. The van der Waals surface area contributed by atoms with Crippen LogP contribution in [-0.4, -0.2) is 23.0 Å². The monoisotopic (exact) mass is 191 g/mol. The van der Waals surface area contributed by atoms with Gasteiger partial charge >= 0.3 is 0 Å². The molecule has 1 fully saturated rings. The van der Waals surface area contributed by atoms with Gasteiger partial charge in [-0.3, -0.25) is 9.88 Å². The molecule has 2 N–H and O–H groups in total. The highest BCUT2D eigenvalue weighted by atomic mass is 15.1. The second-order valence-electron chi connectivity index (χ2n) is 3.96. The van der Waals surface area contributed by atoms with Crippen LogP contribution in [0.5, 0.6) is 0 Å². The third kappa shape index (κ3) is 2.04. The lowest BCUT2D eigenvalue weighted by atomic mass is 10.2. The molecule has 2 rings (SSSR count). The number of nitrogens with zero attached hydrogens (tertiary/aromatic N) is 2. The van der Waals surface area contributed by atoms with Gasteiger partial charge in [-0.2, -0.15) is 0 Å². The van der Waals surface area contributed by atoms with Crippen molar-refractivity contribution in [3.63, 3.8) is 0 Å². The van der Waals surface area contributed by atoms with Gasteiger partial charge in [-0.1, -0.05) is 0 Å². The number of anilines is 1. The highest BCUT2D eigenvalue weighted by Crippen LogP contribution is 2.13. The molecular formula is C11H17N3. The van der Waals surface area contributed by atoms with E-state index in [2.05, 4.69) is 9.88 Å². The van der Waals surface area contributed by atoms with Gasteiger partial charge in [0.15, 0.2) is 0 Å². The van der Waals surface area contributed by atoms with E-state index in [1.807, 2.05) is 19.1 Å². The summed E-state index contributed by atoms with van der Waals surface area (Å²) in [6, 6.07) is 3.98. The average molecular weight is 191 g/mol. The first-order valence-electron chi connectivity index (χ1n) is 5.20. The summed E-state index contributed by atoms with van der Waals surface area (Å²) in [7, 11) is 0. The van der Waals surface area contributed by atoms with Crippen molar-refractivity contribution in [3.8, 4) is 0 Å². The summed E-state index contributed by atoms with van der Waals surface area (Å²) in [5.74, 6) is 0. The average Bonchev–Trinajstić information content (AvgIpc) is 2.64. The number of nitrogens with two attached hydrogens (primary N) is 1. The first-order chi connectivity index (χ1) is 6.75. The van der Waals surface area contributed by atoms with Crippen molar-refractivity contribution in [2.75, 3.05) is 18.8 Å². The fourth-order valence-corrected chi connectivity index (χ4v) is 1.88. The minimum absolute atomic E-state index is 0.787. The van der Waals surface area contributed by atoms with Gasteiger partial charge in [0.1, 0.15) is 0 Å². The third-order valence-corrected chi connectivity index (χ3v) is 2.77. The smallest absolute Gasteiger partial charge is 0.0605 e. The van der Waals surface area contributed by atoms with E-state index in [1.165, 1.54) is 25.9 Å². The number of pyridine rings is 1. The Morgan fingerprint density at radius 3 is 2.71 bits per heavy atom. The SMILES string of the molecule is Cc1nc(CN2CCCC2)ccc1N. The molecule has 0 unspecified atom stereocenters. The zero-order chi connectivity index (χ0) is 9.97. The van der Waals surface area contributed by atoms with Crippen LogP contribution >= 0.6 is 0 Å². The summed E-state index contributed by atoms with van der Waals surface area (Å²) in [6.45, 7) is 5.36. The fourth-order valence-electron chi connectivity index (χ4n) is 1.88. The fraction of sp³-hybridized carbons (Fsp3) is 0.545. The van der Waals surface area contributed by atoms with Crippen molar-refractivity contribution >= 4 is 5.69 Å². The largest absolute Gasteiger partial charge is 0.397 e. The van der Waals surface area contributed by atoms with Crippen LogP contribution in [0.4, 0.5) is 5.69 Å². The predicted molar refractivity (Wildman–Crippen MR) is 57.9 cm³/mol. The minimum atomic E-state index is 0.787. The second-order valence-corrected chi connectivity index (χ2v) is 3.96. The molecule has 1 aromatic heterocycles. The molecule has 1 aliphatic heterocycles. The molecule has 3 nitrogen and oxygen atoms in total. The Kier molecular flexibility index (Phi) is 2.68. The van der Waals surface area contributed by atoms with Crippen LogP contribution in [0.15, 0.2) is 12.1 Å². The summed E-state index contributed by atoms with van der Waals surface area (Å²) in [4.78, 5) is 6.91. The van der Waals surface area contributed by atoms with E-state index in [-0.39, 0.29) is 0 Å². The molecule has 2 heterocycles. The zero-order valence-electron chi connectivity index (χ0n) is 8.66. The first-order valence-corrected chi connectivity index (χ1v) is 5.20. The second kappa shape index (κ2) is 3.96. The molecule has 1 saturated heterocycles. The molecule has 1 aromatic rings. The summed E-state index contributed by atoms with van der Waals surface area (Å²) in [6.07, 6.45) is 2.65. The van der Waals surface area contributed by atoms with Crippen LogP contribution in [0.3, 0.4) is 0 Å². The summed E-state index contributed by atoms with van der Waals surface area (Å²) in [5.41, 5.74) is 8.59. The Bertz CT molecular complexity index is 316. The predicted octanol–water partition coefficient (Wildman–Crippen LogP) is 1.57. The number of likely N-dealkylation sites (tertiary alicyclic amines) is 1. The van der Waals surface area contributed by atoms with Gasteiger partial charge < -0.3 is 5.73 Å². The molecule has 0 aliphatic carbocycles. The van der Waals surface area contributed by atoms with Crippen molar-refractivity contribution in [2.24, 2.45) is 0 Å². The maximum atomic E-state index is 5.72. The van der Waals surface area contributed by atoms with Crippen molar-refractivity contribution in [1.29, 1.82) is 0 Å². The molecule has 0 bridgehead atoms. The van der Waals surface area contributed by atoms with Crippen molar-refractivity contribution < 1.29 is 0 Å². The number of nitrogen functional groups attached to an aromatic ring is 1. The van der Waals surface area contributed by atoms with Gasteiger partial charge in [0.25, 0.3) is 0 Å². The van der Waals surface area contributed by atoms with E-state index in [9.17, 15) is 0 Å². The number of aryl methyl sites for hydroxylation is 1. The van der Waals surface area contributed by atoms with Gasteiger partial charge in [0.05, 0.1) is 17.1 Å². The molecule has 0 spiro atoms. The van der Waals surface area contributed by atoms with Gasteiger partial charge in [0, 0.05) is 6.54 Å². The molecule has 3 heteroatoms. The number of rotatable bonds is 2.